The van der Waals surface area contributed by atoms with Gasteiger partial charge in [0.05, 0.1) is 5.52 Å². The van der Waals surface area contributed by atoms with Gasteiger partial charge in [-0.05, 0) is 45.3 Å². The number of fused-ring (bicyclic) bond motifs is 3. The quantitative estimate of drug-likeness (QED) is 0.311. The van der Waals surface area contributed by atoms with Gasteiger partial charge in [0.15, 0.2) is 5.82 Å². The Bertz CT molecular complexity index is 1520. The lowest BCUT2D eigenvalue weighted by atomic mass is 9.96. The van der Waals surface area contributed by atoms with E-state index in [9.17, 15) is 0 Å². The Kier molecular flexibility index (Phi) is 4.51. The van der Waals surface area contributed by atoms with E-state index < -0.39 is 0 Å². The van der Waals surface area contributed by atoms with Crippen molar-refractivity contribution in [2.75, 3.05) is 5.32 Å². The van der Waals surface area contributed by atoms with E-state index >= 15 is 0 Å². The molecule has 0 aliphatic rings. The van der Waals surface area contributed by atoms with Gasteiger partial charge < -0.3 is 5.32 Å². The van der Waals surface area contributed by atoms with Crippen LogP contribution >= 0.6 is 0 Å². The lowest BCUT2D eigenvalue weighted by Gasteiger charge is -2.14. The summed E-state index contributed by atoms with van der Waals surface area (Å²) in [5, 5.41) is 9.77. The molecule has 0 aliphatic heterocycles. The maximum Gasteiger partial charge on any atom is 0.159 e. The summed E-state index contributed by atoms with van der Waals surface area (Å²) in [7, 11) is 0. The molecule has 1 heterocycles. The largest absolute Gasteiger partial charge is 0.380 e. The van der Waals surface area contributed by atoms with E-state index in [1.54, 1.807) is 0 Å². The number of rotatable bonds is 4. The second-order valence-corrected chi connectivity index (χ2v) is 7.95. The third-order valence-corrected chi connectivity index (χ3v) is 6.00. The predicted molar refractivity (Wildman–Crippen MR) is 134 cm³/mol. The van der Waals surface area contributed by atoms with E-state index in [1.165, 1.54) is 27.1 Å². The first-order chi connectivity index (χ1) is 15.9. The highest BCUT2D eigenvalue weighted by Crippen LogP contribution is 2.30. The van der Waals surface area contributed by atoms with Crippen LogP contribution in [0.4, 0.5) is 5.69 Å². The van der Waals surface area contributed by atoms with Crippen LogP contribution < -0.4 is 5.32 Å². The number of hydrogen-bond donors (Lipinski definition) is 1. The van der Waals surface area contributed by atoms with Crippen molar-refractivity contribution in [1.82, 2.24) is 9.97 Å². The van der Waals surface area contributed by atoms with Crippen LogP contribution in [-0.4, -0.2) is 9.97 Å². The summed E-state index contributed by atoms with van der Waals surface area (Å²) < 4.78 is 0. The van der Waals surface area contributed by atoms with E-state index in [1.807, 2.05) is 48.7 Å². The normalized spacial score (nSPS) is 11.2. The minimum Gasteiger partial charge on any atom is -0.380 e. The zero-order valence-electron chi connectivity index (χ0n) is 17.5. The van der Waals surface area contributed by atoms with E-state index in [0.29, 0.717) is 0 Å². The highest BCUT2D eigenvalue weighted by Gasteiger charge is 2.10. The maximum absolute atomic E-state index is 4.81. The summed E-state index contributed by atoms with van der Waals surface area (Å²) in [4.78, 5) is 9.45. The van der Waals surface area contributed by atoms with Crippen molar-refractivity contribution < 1.29 is 0 Å². The van der Waals surface area contributed by atoms with E-state index in [4.69, 9.17) is 4.98 Å². The van der Waals surface area contributed by atoms with Crippen LogP contribution in [-0.2, 0) is 6.54 Å². The molecule has 0 spiro atoms. The number of nitrogens with zero attached hydrogens (tertiary/aromatic N) is 2. The zero-order chi connectivity index (χ0) is 21.3. The topological polar surface area (TPSA) is 37.8 Å². The monoisotopic (exact) mass is 411 g/mol. The lowest BCUT2D eigenvalue weighted by molar-refractivity contribution is 1.18. The first kappa shape index (κ1) is 18.5. The van der Waals surface area contributed by atoms with Crippen molar-refractivity contribution in [3.05, 3.63) is 115 Å². The second-order valence-electron chi connectivity index (χ2n) is 7.95. The maximum atomic E-state index is 4.81. The first-order valence-corrected chi connectivity index (χ1v) is 10.8. The van der Waals surface area contributed by atoms with Gasteiger partial charge in [0.2, 0.25) is 0 Å². The van der Waals surface area contributed by atoms with Crippen LogP contribution in [0, 0.1) is 0 Å². The molecule has 152 valence electrons. The molecule has 0 fully saturated rings. The number of benzene rings is 5. The Balaban J connectivity index is 1.41. The second kappa shape index (κ2) is 7.78. The summed E-state index contributed by atoms with van der Waals surface area (Å²) in [5.74, 6) is 0.746. The fraction of sp³-hybridized carbons (Fsp3) is 0.0345. The highest BCUT2D eigenvalue weighted by molar-refractivity contribution is 6.02. The number of anilines is 1. The minimum atomic E-state index is 0.724. The minimum absolute atomic E-state index is 0.724. The molecule has 0 unspecified atom stereocenters. The average Bonchev–Trinajstić information content (AvgIpc) is 2.86. The van der Waals surface area contributed by atoms with Gasteiger partial charge in [-0.2, -0.15) is 0 Å². The van der Waals surface area contributed by atoms with Crippen LogP contribution in [0.3, 0.4) is 0 Å². The summed E-state index contributed by atoms with van der Waals surface area (Å²) >= 11 is 0. The van der Waals surface area contributed by atoms with Crippen molar-refractivity contribution in [2.45, 2.75) is 6.54 Å². The Morgan fingerprint density at radius 1 is 0.625 bits per heavy atom. The lowest BCUT2D eigenvalue weighted by Crippen LogP contribution is -2.02. The molecule has 0 bridgehead atoms. The number of hydrogen-bond acceptors (Lipinski definition) is 3. The smallest absolute Gasteiger partial charge is 0.159 e. The molecule has 1 aromatic heterocycles. The first-order valence-electron chi connectivity index (χ1n) is 10.8. The SMILES string of the molecule is c1ccc(-c2ncc3c(NCc4c5ccccc5cc5ccccc45)cccc3n2)cc1. The molecule has 0 atom stereocenters. The molecular weight excluding hydrogens is 390 g/mol. The Hall–Kier alpha value is -4.24. The molecule has 3 heteroatoms. The standard InChI is InChI=1S/C29H21N3/c1-2-9-20(10-3-1)29-31-19-26-27(15-8-16-28(26)32-29)30-18-25-23-13-6-4-11-21(23)17-22-12-5-7-14-24(22)25/h1-17,19,30H,18H2. The molecule has 1 N–H and O–H groups in total. The molecule has 0 saturated carbocycles. The van der Waals surface area contributed by atoms with Gasteiger partial charge >= 0.3 is 0 Å². The third-order valence-electron chi connectivity index (χ3n) is 6.00. The van der Waals surface area contributed by atoms with Gasteiger partial charge in [0, 0.05) is 29.4 Å². The molecule has 0 saturated heterocycles. The van der Waals surface area contributed by atoms with Crippen LogP contribution in [0.5, 0.6) is 0 Å². The Morgan fingerprint density at radius 2 is 1.31 bits per heavy atom. The summed E-state index contributed by atoms with van der Waals surface area (Å²) in [6, 6.07) is 35.7. The van der Waals surface area contributed by atoms with Crippen molar-refractivity contribution in [1.29, 1.82) is 0 Å². The zero-order valence-corrected chi connectivity index (χ0v) is 17.5. The molecule has 6 aromatic rings. The molecule has 0 radical (unpaired) electrons. The molecule has 0 amide bonds. The molecule has 6 rings (SSSR count). The molecular formula is C29H21N3. The van der Waals surface area contributed by atoms with Crippen LogP contribution in [0.25, 0.3) is 43.8 Å². The average molecular weight is 412 g/mol. The van der Waals surface area contributed by atoms with Gasteiger partial charge in [-0.3, -0.25) is 0 Å². The van der Waals surface area contributed by atoms with Crippen molar-refractivity contribution in [3.8, 4) is 11.4 Å². The van der Waals surface area contributed by atoms with Crippen LogP contribution in [0.2, 0.25) is 0 Å². The Labute approximate surface area is 186 Å². The van der Waals surface area contributed by atoms with E-state index in [-0.39, 0.29) is 0 Å². The van der Waals surface area contributed by atoms with Crippen LogP contribution in [0.1, 0.15) is 5.56 Å². The summed E-state index contributed by atoms with van der Waals surface area (Å²) in [5.41, 5.74) is 4.30. The molecule has 0 aliphatic carbocycles. The van der Waals surface area contributed by atoms with Gasteiger partial charge in [-0.15, -0.1) is 0 Å². The summed E-state index contributed by atoms with van der Waals surface area (Å²) in [6.07, 6.45) is 1.92. The van der Waals surface area contributed by atoms with Crippen molar-refractivity contribution >= 4 is 38.1 Å². The van der Waals surface area contributed by atoms with Crippen molar-refractivity contribution in [2.24, 2.45) is 0 Å². The third kappa shape index (κ3) is 3.25. The van der Waals surface area contributed by atoms with Crippen molar-refractivity contribution in [3.63, 3.8) is 0 Å². The van der Waals surface area contributed by atoms with Gasteiger partial charge in [-0.25, -0.2) is 9.97 Å². The van der Waals surface area contributed by atoms with E-state index in [0.717, 1.165) is 34.5 Å². The molecule has 32 heavy (non-hydrogen) atoms. The molecule has 5 aromatic carbocycles. The fourth-order valence-corrected chi connectivity index (χ4v) is 4.42. The van der Waals surface area contributed by atoms with Gasteiger partial charge in [0.25, 0.3) is 0 Å². The fourth-order valence-electron chi connectivity index (χ4n) is 4.42. The van der Waals surface area contributed by atoms with Gasteiger partial charge in [0.1, 0.15) is 0 Å². The van der Waals surface area contributed by atoms with Gasteiger partial charge in [-0.1, -0.05) is 84.9 Å². The summed E-state index contributed by atoms with van der Waals surface area (Å²) in [6.45, 7) is 0.724. The number of aromatic nitrogens is 2. The Morgan fingerprint density at radius 3 is 2.06 bits per heavy atom. The highest BCUT2D eigenvalue weighted by atomic mass is 14.9. The predicted octanol–water partition coefficient (Wildman–Crippen LogP) is 7.22. The number of nitrogens with one attached hydrogen (secondary N) is 1. The molecule has 3 nitrogen and oxygen atoms in total. The van der Waals surface area contributed by atoms with E-state index in [2.05, 4.69) is 71.0 Å². The van der Waals surface area contributed by atoms with Crippen LogP contribution in [0.15, 0.2) is 109 Å².